The van der Waals surface area contributed by atoms with E-state index in [1.165, 1.54) is 25.7 Å². The molecule has 17 heavy (non-hydrogen) atoms. The van der Waals surface area contributed by atoms with Crippen molar-refractivity contribution in [1.29, 1.82) is 0 Å². The Labute approximate surface area is 104 Å². The Bertz CT molecular complexity index is 215. The first-order chi connectivity index (χ1) is 8.29. The molecule has 4 nitrogen and oxygen atoms in total. The summed E-state index contributed by atoms with van der Waals surface area (Å²) in [5.74, 6) is 0. The van der Waals surface area contributed by atoms with Gasteiger partial charge in [-0.1, -0.05) is 0 Å². The van der Waals surface area contributed by atoms with Gasteiger partial charge in [-0.2, -0.15) is 0 Å². The molecule has 1 aliphatic heterocycles. The van der Waals surface area contributed by atoms with Crippen molar-refractivity contribution in [3.05, 3.63) is 0 Å². The van der Waals surface area contributed by atoms with Gasteiger partial charge in [0.2, 0.25) is 0 Å². The van der Waals surface area contributed by atoms with Crippen molar-refractivity contribution >= 4 is 0 Å². The zero-order valence-electron chi connectivity index (χ0n) is 10.9. The highest BCUT2D eigenvalue weighted by atomic mass is 16.5. The normalized spacial score (nSPS) is 26.6. The molecule has 1 saturated heterocycles. The van der Waals surface area contributed by atoms with Crippen LogP contribution in [0.3, 0.4) is 0 Å². The minimum absolute atomic E-state index is 0.336. The smallest absolute Gasteiger partial charge is 0.0900 e. The fourth-order valence-electron chi connectivity index (χ4n) is 2.59. The number of nitrogens with one attached hydrogen (secondary N) is 1. The van der Waals surface area contributed by atoms with E-state index < -0.39 is 0 Å². The number of hydrogen-bond acceptors (Lipinski definition) is 4. The molecule has 0 spiro atoms. The van der Waals surface area contributed by atoms with Crippen molar-refractivity contribution in [2.24, 2.45) is 0 Å². The molecule has 1 saturated carbocycles. The van der Waals surface area contributed by atoms with Gasteiger partial charge in [0.05, 0.1) is 12.7 Å². The molecule has 100 valence electrons. The minimum Gasteiger partial charge on any atom is -0.389 e. The van der Waals surface area contributed by atoms with E-state index in [0.717, 1.165) is 19.6 Å². The van der Waals surface area contributed by atoms with E-state index in [0.29, 0.717) is 25.3 Å². The van der Waals surface area contributed by atoms with Crippen LogP contribution < -0.4 is 5.32 Å². The van der Waals surface area contributed by atoms with Gasteiger partial charge in [-0.05, 0) is 39.2 Å². The van der Waals surface area contributed by atoms with E-state index >= 15 is 0 Å². The second-order valence-electron chi connectivity index (χ2n) is 5.29. The van der Waals surface area contributed by atoms with Crippen LogP contribution in [0, 0.1) is 0 Å². The molecule has 0 bridgehead atoms. The highest BCUT2D eigenvalue weighted by Gasteiger charge is 2.32. The van der Waals surface area contributed by atoms with E-state index in [1.54, 1.807) is 0 Å². The summed E-state index contributed by atoms with van der Waals surface area (Å²) < 4.78 is 5.27. The largest absolute Gasteiger partial charge is 0.389 e. The Morgan fingerprint density at radius 2 is 2.24 bits per heavy atom. The first-order valence-electron chi connectivity index (χ1n) is 7.03. The van der Waals surface area contributed by atoms with Crippen LogP contribution in [0.1, 0.15) is 32.6 Å². The molecule has 4 heteroatoms. The van der Waals surface area contributed by atoms with Crippen LogP contribution in [-0.2, 0) is 4.74 Å². The van der Waals surface area contributed by atoms with Crippen molar-refractivity contribution < 1.29 is 9.84 Å². The van der Waals surface area contributed by atoms with Crippen molar-refractivity contribution in [2.45, 2.75) is 50.8 Å². The number of nitrogens with zero attached hydrogens (tertiary/aromatic N) is 1. The Morgan fingerprint density at radius 3 is 2.82 bits per heavy atom. The molecule has 2 aliphatic rings. The second kappa shape index (κ2) is 6.69. The first-order valence-corrected chi connectivity index (χ1v) is 7.03. The third-order valence-corrected chi connectivity index (χ3v) is 3.64. The van der Waals surface area contributed by atoms with Crippen LogP contribution in [0.15, 0.2) is 0 Å². The maximum Gasteiger partial charge on any atom is 0.0900 e. The van der Waals surface area contributed by atoms with Gasteiger partial charge in [0, 0.05) is 31.8 Å². The van der Waals surface area contributed by atoms with Gasteiger partial charge in [0.25, 0.3) is 0 Å². The molecule has 0 radical (unpaired) electrons. The standard InChI is InChI=1S/C13H26N2O2/c1-2-17-10-13(16)9-15(12-5-6-12)8-11-4-3-7-14-11/h11-14,16H,2-10H2,1H3. The van der Waals surface area contributed by atoms with Crippen LogP contribution in [0.2, 0.25) is 0 Å². The van der Waals surface area contributed by atoms with Crippen LogP contribution in [0.4, 0.5) is 0 Å². The maximum absolute atomic E-state index is 9.91. The van der Waals surface area contributed by atoms with Crippen LogP contribution >= 0.6 is 0 Å². The molecule has 0 amide bonds. The fraction of sp³-hybridized carbons (Fsp3) is 1.00. The van der Waals surface area contributed by atoms with Crippen molar-refractivity contribution in [1.82, 2.24) is 10.2 Å². The van der Waals surface area contributed by atoms with Crippen LogP contribution in [0.5, 0.6) is 0 Å². The number of aliphatic hydroxyl groups excluding tert-OH is 1. The van der Waals surface area contributed by atoms with Crippen LogP contribution in [-0.4, -0.2) is 61.0 Å². The summed E-state index contributed by atoms with van der Waals surface area (Å²) in [6.45, 7) is 6.14. The Balaban J connectivity index is 1.71. The predicted molar refractivity (Wildman–Crippen MR) is 68.1 cm³/mol. The molecule has 2 rings (SSSR count). The molecule has 0 aromatic carbocycles. The van der Waals surface area contributed by atoms with Crippen LogP contribution in [0.25, 0.3) is 0 Å². The quantitative estimate of drug-likeness (QED) is 0.654. The third kappa shape index (κ3) is 4.54. The number of rotatable bonds is 8. The van der Waals surface area contributed by atoms with Gasteiger partial charge in [0.15, 0.2) is 0 Å². The van der Waals surface area contributed by atoms with E-state index in [1.807, 2.05) is 6.92 Å². The van der Waals surface area contributed by atoms with Gasteiger partial charge in [-0.15, -0.1) is 0 Å². The van der Waals surface area contributed by atoms with Gasteiger partial charge < -0.3 is 15.2 Å². The van der Waals surface area contributed by atoms with Crippen molar-refractivity contribution in [2.75, 3.05) is 32.8 Å². The summed E-state index contributed by atoms with van der Waals surface area (Å²) in [5.41, 5.74) is 0. The third-order valence-electron chi connectivity index (χ3n) is 3.64. The highest BCUT2D eigenvalue weighted by molar-refractivity contribution is 4.89. The van der Waals surface area contributed by atoms with Gasteiger partial charge >= 0.3 is 0 Å². The lowest BCUT2D eigenvalue weighted by molar-refractivity contribution is 0.0181. The Hall–Kier alpha value is -0.160. The molecule has 2 atom stereocenters. The summed E-state index contributed by atoms with van der Waals surface area (Å²) >= 11 is 0. The molecule has 1 aliphatic carbocycles. The Morgan fingerprint density at radius 1 is 1.41 bits per heavy atom. The van der Waals surface area contributed by atoms with Crippen molar-refractivity contribution in [3.8, 4) is 0 Å². The summed E-state index contributed by atoms with van der Waals surface area (Å²) in [5, 5.41) is 13.4. The monoisotopic (exact) mass is 242 g/mol. The van der Waals surface area contributed by atoms with Crippen molar-refractivity contribution in [3.63, 3.8) is 0 Å². The summed E-state index contributed by atoms with van der Waals surface area (Å²) in [6, 6.07) is 1.35. The summed E-state index contributed by atoms with van der Waals surface area (Å²) in [7, 11) is 0. The average Bonchev–Trinajstić information content (AvgIpc) is 3.05. The molecular weight excluding hydrogens is 216 g/mol. The van der Waals surface area contributed by atoms with E-state index in [2.05, 4.69) is 10.2 Å². The second-order valence-corrected chi connectivity index (χ2v) is 5.29. The fourth-order valence-corrected chi connectivity index (χ4v) is 2.59. The molecular formula is C13H26N2O2. The lowest BCUT2D eigenvalue weighted by Crippen LogP contribution is -2.43. The SMILES string of the molecule is CCOCC(O)CN(CC1CCCN1)C1CC1. The zero-order valence-corrected chi connectivity index (χ0v) is 10.9. The van der Waals surface area contributed by atoms with Gasteiger partial charge in [-0.25, -0.2) is 0 Å². The number of aliphatic hydroxyl groups is 1. The molecule has 0 aromatic rings. The van der Waals surface area contributed by atoms with E-state index in [9.17, 15) is 5.11 Å². The molecule has 1 heterocycles. The molecule has 2 fully saturated rings. The number of hydrogen-bond donors (Lipinski definition) is 2. The highest BCUT2D eigenvalue weighted by Crippen LogP contribution is 2.27. The molecule has 2 unspecified atom stereocenters. The summed E-state index contributed by atoms with van der Waals surface area (Å²) in [4.78, 5) is 2.45. The van der Waals surface area contributed by atoms with Gasteiger partial charge in [-0.3, -0.25) is 4.90 Å². The lowest BCUT2D eigenvalue weighted by atomic mass is 10.2. The van der Waals surface area contributed by atoms with Gasteiger partial charge in [0.1, 0.15) is 0 Å². The minimum atomic E-state index is -0.336. The average molecular weight is 242 g/mol. The first kappa shape index (κ1) is 13.3. The topological polar surface area (TPSA) is 44.7 Å². The lowest BCUT2D eigenvalue weighted by Gasteiger charge is -2.27. The Kier molecular flexibility index (Phi) is 5.22. The number of ether oxygens (including phenoxy) is 1. The van der Waals surface area contributed by atoms with E-state index in [-0.39, 0.29) is 6.10 Å². The summed E-state index contributed by atoms with van der Waals surface area (Å²) in [6.07, 6.45) is 4.84. The maximum atomic E-state index is 9.91. The predicted octanol–water partition coefficient (Wildman–Crippen LogP) is 0.600. The molecule has 2 N–H and O–H groups in total. The zero-order chi connectivity index (χ0) is 12.1. The van der Waals surface area contributed by atoms with E-state index in [4.69, 9.17) is 4.74 Å². The molecule has 0 aromatic heterocycles.